The number of rotatable bonds is 3. The highest BCUT2D eigenvalue weighted by molar-refractivity contribution is 5.64. The molecule has 0 bridgehead atoms. The molecular formula is C14H17NO2. The van der Waals surface area contributed by atoms with Crippen molar-refractivity contribution < 1.29 is 9.52 Å². The third-order valence-corrected chi connectivity index (χ3v) is 2.94. The van der Waals surface area contributed by atoms with Gasteiger partial charge in [0, 0.05) is 17.5 Å². The van der Waals surface area contributed by atoms with Gasteiger partial charge in [0.15, 0.2) is 0 Å². The number of furan rings is 1. The van der Waals surface area contributed by atoms with Crippen molar-refractivity contribution in [3.63, 3.8) is 0 Å². The Hall–Kier alpha value is -1.61. The largest absolute Gasteiger partial charge is 0.458 e. The maximum Gasteiger partial charge on any atom is 0.136 e. The van der Waals surface area contributed by atoms with Crippen molar-refractivity contribution in [1.82, 2.24) is 4.98 Å². The molecule has 1 unspecified atom stereocenters. The molecule has 0 aliphatic heterocycles. The van der Waals surface area contributed by atoms with Gasteiger partial charge in [-0.1, -0.05) is 6.92 Å². The second-order valence-electron chi connectivity index (χ2n) is 4.21. The predicted molar refractivity (Wildman–Crippen MR) is 66.7 cm³/mol. The fraction of sp³-hybridized carbons (Fsp3) is 0.357. The fourth-order valence-corrected chi connectivity index (χ4v) is 1.93. The van der Waals surface area contributed by atoms with Crippen molar-refractivity contribution in [3.8, 4) is 11.3 Å². The van der Waals surface area contributed by atoms with Crippen LogP contribution < -0.4 is 0 Å². The van der Waals surface area contributed by atoms with Gasteiger partial charge in [0.25, 0.3) is 0 Å². The number of hydrogen-bond acceptors (Lipinski definition) is 3. The Morgan fingerprint density at radius 1 is 1.29 bits per heavy atom. The minimum absolute atomic E-state index is 0.527. The van der Waals surface area contributed by atoms with Gasteiger partial charge >= 0.3 is 0 Å². The number of aromatic nitrogens is 1. The molecule has 0 fully saturated rings. The molecule has 2 heterocycles. The summed E-state index contributed by atoms with van der Waals surface area (Å²) in [7, 11) is 0. The minimum atomic E-state index is -0.527. The third-order valence-electron chi connectivity index (χ3n) is 2.94. The summed E-state index contributed by atoms with van der Waals surface area (Å²) in [4.78, 5) is 4.27. The second-order valence-corrected chi connectivity index (χ2v) is 4.21. The molecule has 0 spiro atoms. The Labute approximate surface area is 101 Å². The summed E-state index contributed by atoms with van der Waals surface area (Å²) >= 11 is 0. The van der Waals surface area contributed by atoms with Gasteiger partial charge in [0.1, 0.15) is 17.6 Å². The lowest BCUT2D eigenvalue weighted by atomic mass is 10.1. The van der Waals surface area contributed by atoms with Crippen LogP contribution in [0, 0.1) is 13.8 Å². The summed E-state index contributed by atoms with van der Waals surface area (Å²) in [6, 6.07) is 5.68. The molecule has 0 aliphatic carbocycles. The van der Waals surface area contributed by atoms with Gasteiger partial charge in [-0.25, -0.2) is 0 Å². The zero-order valence-corrected chi connectivity index (χ0v) is 10.4. The lowest BCUT2D eigenvalue weighted by molar-refractivity contribution is 0.147. The molecular weight excluding hydrogens is 214 g/mol. The molecule has 17 heavy (non-hydrogen) atoms. The molecule has 2 aromatic heterocycles. The van der Waals surface area contributed by atoms with Gasteiger partial charge in [-0.2, -0.15) is 0 Å². The second kappa shape index (κ2) is 4.72. The average molecular weight is 231 g/mol. The molecule has 2 rings (SSSR count). The summed E-state index contributed by atoms with van der Waals surface area (Å²) in [5, 5.41) is 9.72. The SMILES string of the molecule is CCC(O)c1ccc(-c2c(C)ccnc2C)o1. The van der Waals surface area contributed by atoms with Crippen molar-refractivity contribution in [1.29, 1.82) is 0 Å². The first-order valence-electron chi connectivity index (χ1n) is 5.83. The van der Waals surface area contributed by atoms with E-state index in [4.69, 9.17) is 4.42 Å². The number of aliphatic hydroxyl groups is 1. The highest BCUT2D eigenvalue weighted by atomic mass is 16.4. The van der Waals surface area contributed by atoms with Crippen LogP contribution in [-0.4, -0.2) is 10.1 Å². The molecule has 3 heteroatoms. The van der Waals surface area contributed by atoms with Crippen LogP contribution in [0.4, 0.5) is 0 Å². The number of nitrogens with zero attached hydrogens (tertiary/aromatic N) is 1. The average Bonchev–Trinajstić information content (AvgIpc) is 2.77. The number of hydrogen-bond donors (Lipinski definition) is 1. The Balaban J connectivity index is 2.44. The summed E-state index contributed by atoms with van der Waals surface area (Å²) in [6.45, 7) is 5.91. The highest BCUT2D eigenvalue weighted by Gasteiger charge is 2.14. The van der Waals surface area contributed by atoms with E-state index in [0.29, 0.717) is 12.2 Å². The van der Waals surface area contributed by atoms with E-state index in [-0.39, 0.29) is 0 Å². The summed E-state index contributed by atoms with van der Waals surface area (Å²) < 4.78 is 5.69. The van der Waals surface area contributed by atoms with E-state index in [0.717, 1.165) is 22.6 Å². The van der Waals surface area contributed by atoms with Crippen LogP contribution in [0.1, 0.15) is 36.5 Å². The van der Waals surface area contributed by atoms with Crippen LogP contribution in [0.15, 0.2) is 28.8 Å². The predicted octanol–water partition coefficient (Wildman–Crippen LogP) is 3.40. The third kappa shape index (κ3) is 2.24. The Morgan fingerprint density at radius 2 is 2.06 bits per heavy atom. The van der Waals surface area contributed by atoms with E-state index in [1.54, 1.807) is 6.20 Å². The summed E-state index contributed by atoms with van der Waals surface area (Å²) in [5.74, 6) is 1.39. The van der Waals surface area contributed by atoms with E-state index in [1.807, 2.05) is 39.0 Å². The summed E-state index contributed by atoms with van der Waals surface area (Å²) in [6.07, 6.45) is 1.91. The van der Waals surface area contributed by atoms with Crippen molar-refractivity contribution in [3.05, 3.63) is 41.4 Å². The molecule has 0 radical (unpaired) electrons. The lowest BCUT2D eigenvalue weighted by Gasteiger charge is -2.06. The first kappa shape index (κ1) is 11.9. The maximum atomic E-state index is 9.72. The van der Waals surface area contributed by atoms with Crippen LogP contribution in [0.2, 0.25) is 0 Å². The Morgan fingerprint density at radius 3 is 2.71 bits per heavy atom. The lowest BCUT2D eigenvalue weighted by Crippen LogP contribution is -1.92. The van der Waals surface area contributed by atoms with E-state index in [2.05, 4.69) is 4.98 Å². The first-order valence-corrected chi connectivity index (χ1v) is 5.83. The topological polar surface area (TPSA) is 46.3 Å². The van der Waals surface area contributed by atoms with Gasteiger partial charge in [0.2, 0.25) is 0 Å². The van der Waals surface area contributed by atoms with Crippen molar-refractivity contribution in [2.24, 2.45) is 0 Å². The van der Waals surface area contributed by atoms with Crippen molar-refractivity contribution >= 4 is 0 Å². The van der Waals surface area contributed by atoms with E-state index in [1.165, 1.54) is 0 Å². The molecule has 0 amide bonds. The number of pyridine rings is 1. The number of aryl methyl sites for hydroxylation is 2. The Kier molecular flexibility index (Phi) is 3.29. The first-order chi connectivity index (χ1) is 8.13. The Bertz CT molecular complexity index is 496. The molecule has 1 atom stereocenters. The minimum Gasteiger partial charge on any atom is -0.458 e. The summed E-state index contributed by atoms with van der Waals surface area (Å²) in [5.41, 5.74) is 3.09. The molecule has 2 aromatic rings. The maximum absolute atomic E-state index is 9.72. The quantitative estimate of drug-likeness (QED) is 0.880. The molecule has 0 aliphatic rings. The van der Waals surface area contributed by atoms with Crippen LogP contribution in [0.5, 0.6) is 0 Å². The van der Waals surface area contributed by atoms with Gasteiger partial charge in [-0.15, -0.1) is 0 Å². The van der Waals surface area contributed by atoms with Crippen molar-refractivity contribution in [2.45, 2.75) is 33.3 Å². The van der Waals surface area contributed by atoms with Gasteiger partial charge in [-0.05, 0) is 44.0 Å². The molecule has 1 N–H and O–H groups in total. The van der Waals surface area contributed by atoms with Crippen molar-refractivity contribution in [2.75, 3.05) is 0 Å². The fourth-order valence-electron chi connectivity index (χ4n) is 1.93. The molecule has 3 nitrogen and oxygen atoms in total. The molecule has 90 valence electrons. The molecule has 0 saturated heterocycles. The van der Waals surface area contributed by atoms with E-state index in [9.17, 15) is 5.11 Å². The normalized spacial score (nSPS) is 12.7. The van der Waals surface area contributed by atoms with Gasteiger partial charge < -0.3 is 9.52 Å². The van der Waals surface area contributed by atoms with Crippen LogP contribution >= 0.6 is 0 Å². The highest BCUT2D eigenvalue weighted by Crippen LogP contribution is 2.30. The van der Waals surface area contributed by atoms with Crippen LogP contribution in [-0.2, 0) is 0 Å². The number of aliphatic hydroxyl groups excluding tert-OH is 1. The van der Waals surface area contributed by atoms with Crippen LogP contribution in [0.3, 0.4) is 0 Å². The molecule has 0 aromatic carbocycles. The van der Waals surface area contributed by atoms with Gasteiger partial charge in [-0.3, -0.25) is 4.98 Å². The molecule has 0 saturated carbocycles. The van der Waals surface area contributed by atoms with E-state index < -0.39 is 6.10 Å². The monoisotopic (exact) mass is 231 g/mol. The zero-order chi connectivity index (χ0) is 12.4. The van der Waals surface area contributed by atoms with Crippen LogP contribution in [0.25, 0.3) is 11.3 Å². The standard InChI is InChI=1S/C14H17NO2/c1-4-11(16)12-5-6-13(17-12)14-9(2)7-8-15-10(14)3/h5-8,11,16H,4H2,1-3H3. The zero-order valence-electron chi connectivity index (χ0n) is 10.4. The van der Waals surface area contributed by atoms with E-state index >= 15 is 0 Å². The smallest absolute Gasteiger partial charge is 0.136 e. The van der Waals surface area contributed by atoms with Gasteiger partial charge in [0.05, 0.1) is 0 Å².